The predicted molar refractivity (Wildman–Crippen MR) is 152 cm³/mol. The van der Waals surface area contributed by atoms with Crippen molar-refractivity contribution < 1.29 is 32.7 Å². The topological polar surface area (TPSA) is 121 Å². The Bertz CT molecular complexity index is 1390. The third-order valence-corrected chi connectivity index (χ3v) is 12.0. The highest BCUT2D eigenvalue weighted by atomic mass is 32.2. The van der Waals surface area contributed by atoms with Gasteiger partial charge in [-0.2, -0.15) is 8.42 Å². The van der Waals surface area contributed by atoms with Gasteiger partial charge in [-0.05, 0) is 86.0 Å². The number of ketones is 1. The number of aryl methyl sites for hydroxylation is 2. The third kappa shape index (κ3) is 4.75. The molecule has 0 spiro atoms. The molecule has 4 aliphatic rings. The molecule has 2 aromatic carbocycles. The Kier molecular flexibility index (Phi) is 7.36. The third-order valence-electron chi connectivity index (χ3n) is 10.6. The van der Waals surface area contributed by atoms with Gasteiger partial charge >= 0.3 is 0 Å². The Hall–Kier alpha value is -2.10. The van der Waals surface area contributed by atoms with Crippen LogP contribution < -0.4 is 0 Å². The fourth-order valence-electron chi connectivity index (χ4n) is 7.72. The molecule has 2 aromatic rings. The zero-order valence-corrected chi connectivity index (χ0v) is 24.7. The van der Waals surface area contributed by atoms with E-state index in [1.807, 2.05) is 62.4 Å². The molecule has 0 saturated heterocycles. The lowest BCUT2D eigenvalue weighted by atomic mass is 9.70. The SMILES string of the molecule is CC1(O)c2ccccc2CCC1O.CC1(O)c2ccccc2CCC1OS(=O)(=O)CC12CCC(CC1=O)C2(C)C. The first-order valence-corrected chi connectivity index (χ1v) is 15.9. The molecular formula is C32H42O7S. The highest BCUT2D eigenvalue weighted by molar-refractivity contribution is 7.86. The van der Waals surface area contributed by atoms with E-state index in [4.69, 9.17) is 4.18 Å². The minimum atomic E-state index is -3.97. The van der Waals surface area contributed by atoms with Gasteiger partial charge in [-0.3, -0.25) is 8.98 Å². The molecule has 2 fully saturated rings. The minimum absolute atomic E-state index is 0.0525. The number of hydrogen-bond donors (Lipinski definition) is 3. The molecule has 218 valence electrons. The van der Waals surface area contributed by atoms with Gasteiger partial charge in [0, 0.05) is 6.42 Å². The maximum absolute atomic E-state index is 13.0. The summed E-state index contributed by atoms with van der Waals surface area (Å²) in [5.41, 5.74) is 0.113. The van der Waals surface area contributed by atoms with E-state index in [1.54, 1.807) is 13.8 Å². The van der Waals surface area contributed by atoms with Crippen LogP contribution in [0.25, 0.3) is 0 Å². The summed E-state index contributed by atoms with van der Waals surface area (Å²) in [6.45, 7) is 7.31. The highest BCUT2D eigenvalue weighted by Crippen LogP contribution is 2.64. The molecule has 6 rings (SSSR count). The van der Waals surface area contributed by atoms with E-state index >= 15 is 0 Å². The average Bonchev–Trinajstić information content (AvgIpc) is 3.23. The summed E-state index contributed by atoms with van der Waals surface area (Å²) in [4.78, 5) is 12.7. The molecule has 0 aromatic heterocycles. The van der Waals surface area contributed by atoms with Gasteiger partial charge in [0.15, 0.2) is 0 Å². The molecule has 40 heavy (non-hydrogen) atoms. The fraction of sp³-hybridized carbons (Fsp3) is 0.594. The van der Waals surface area contributed by atoms with Crippen LogP contribution in [0.15, 0.2) is 48.5 Å². The Labute approximate surface area is 237 Å². The number of fused-ring (bicyclic) bond motifs is 4. The van der Waals surface area contributed by atoms with Gasteiger partial charge in [0.2, 0.25) is 0 Å². The van der Waals surface area contributed by atoms with E-state index in [0.717, 1.165) is 29.5 Å². The van der Waals surface area contributed by atoms with Crippen LogP contribution >= 0.6 is 0 Å². The van der Waals surface area contributed by atoms with Crippen molar-refractivity contribution in [2.75, 3.05) is 5.75 Å². The number of aliphatic hydroxyl groups is 3. The quantitative estimate of drug-likeness (QED) is 0.472. The number of hydrogen-bond acceptors (Lipinski definition) is 7. The molecular weight excluding hydrogens is 528 g/mol. The highest BCUT2D eigenvalue weighted by Gasteiger charge is 2.65. The van der Waals surface area contributed by atoms with Crippen molar-refractivity contribution >= 4 is 15.9 Å². The van der Waals surface area contributed by atoms with Crippen molar-refractivity contribution in [3.05, 3.63) is 70.8 Å². The van der Waals surface area contributed by atoms with Crippen molar-refractivity contribution in [3.8, 4) is 0 Å². The first-order chi connectivity index (χ1) is 18.6. The van der Waals surface area contributed by atoms with Gasteiger partial charge in [0.05, 0.1) is 17.3 Å². The van der Waals surface area contributed by atoms with E-state index in [9.17, 15) is 28.5 Å². The van der Waals surface area contributed by atoms with Gasteiger partial charge in [-0.1, -0.05) is 62.4 Å². The van der Waals surface area contributed by atoms with Crippen molar-refractivity contribution in [1.82, 2.24) is 0 Å². The molecule has 8 heteroatoms. The number of rotatable bonds is 4. The van der Waals surface area contributed by atoms with E-state index in [0.29, 0.717) is 37.7 Å². The summed E-state index contributed by atoms with van der Waals surface area (Å²) in [6.07, 6.45) is 3.07. The lowest BCUT2D eigenvalue weighted by molar-refractivity contribution is -0.128. The fourth-order valence-corrected chi connectivity index (χ4v) is 9.71. The Morgan fingerprint density at radius 2 is 1.40 bits per heavy atom. The number of carbonyl (C=O) groups excluding carboxylic acids is 1. The Balaban J connectivity index is 0.000000207. The van der Waals surface area contributed by atoms with Gasteiger partial charge in [-0.15, -0.1) is 0 Å². The van der Waals surface area contributed by atoms with Crippen LogP contribution in [0.3, 0.4) is 0 Å². The van der Waals surface area contributed by atoms with Gasteiger partial charge < -0.3 is 15.3 Å². The van der Waals surface area contributed by atoms with E-state index in [1.165, 1.54) is 0 Å². The van der Waals surface area contributed by atoms with Crippen LogP contribution in [0.4, 0.5) is 0 Å². The molecule has 2 saturated carbocycles. The van der Waals surface area contributed by atoms with Gasteiger partial charge in [-0.25, -0.2) is 0 Å². The number of carbonyl (C=O) groups is 1. The molecule has 2 bridgehead atoms. The number of aliphatic hydroxyl groups excluding tert-OH is 1. The van der Waals surface area contributed by atoms with Gasteiger partial charge in [0.25, 0.3) is 10.1 Å². The zero-order chi connectivity index (χ0) is 29.1. The second-order valence-corrected chi connectivity index (χ2v) is 14.8. The van der Waals surface area contributed by atoms with E-state index < -0.39 is 38.9 Å². The molecule has 6 atom stereocenters. The van der Waals surface area contributed by atoms with Crippen LogP contribution in [-0.2, 0) is 43.1 Å². The minimum Gasteiger partial charge on any atom is -0.390 e. The normalized spacial score (nSPS) is 35.9. The monoisotopic (exact) mass is 570 g/mol. The number of benzene rings is 2. The van der Waals surface area contributed by atoms with Crippen LogP contribution in [0.1, 0.15) is 82.1 Å². The van der Waals surface area contributed by atoms with Crippen molar-refractivity contribution in [3.63, 3.8) is 0 Å². The first kappa shape index (κ1) is 29.4. The van der Waals surface area contributed by atoms with Crippen LogP contribution in [0, 0.1) is 16.7 Å². The zero-order valence-electron chi connectivity index (χ0n) is 23.9. The summed E-state index contributed by atoms with van der Waals surface area (Å²) < 4.78 is 31.5. The van der Waals surface area contributed by atoms with Crippen molar-refractivity contribution in [2.24, 2.45) is 16.7 Å². The molecule has 6 unspecified atom stereocenters. The summed E-state index contributed by atoms with van der Waals surface area (Å²) in [5, 5.41) is 30.7. The summed E-state index contributed by atoms with van der Waals surface area (Å²) in [6, 6.07) is 15.3. The van der Waals surface area contributed by atoms with Crippen LogP contribution in [0.2, 0.25) is 0 Å². The largest absolute Gasteiger partial charge is 0.390 e. The summed E-state index contributed by atoms with van der Waals surface area (Å²) >= 11 is 0. The van der Waals surface area contributed by atoms with Crippen LogP contribution in [-0.4, -0.2) is 47.5 Å². The van der Waals surface area contributed by atoms with E-state index in [2.05, 4.69) is 0 Å². The molecule has 3 N–H and O–H groups in total. The molecule has 0 amide bonds. The predicted octanol–water partition coefficient (Wildman–Crippen LogP) is 4.15. The van der Waals surface area contributed by atoms with Crippen molar-refractivity contribution in [1.29, 1.82) is 0 Å². The van der Waals surface area contributed by atoms with Gasteiger partial charge in [0.1, 0.15) is 23.1 Å². The lowest BCUT2D eigenvalue weighted by Crippen LogP contribution is -2.47. The summed E-state index contributed by atoms with van der Waals surface area (Å²) in [7, 11) is -3.97. The molecule has 7 nitrogen and oxygen atoms in total. The maximum Gasteiger partial charge on any atom is 0.268 e. The standard InChI is InChI=1S/C21H28O5S.C11H14O2/c1-19(2)15-10-11-21(19,17(22)12-15)13-27(24,25)26-18-9-8-14-6-4-5-7-16(14)20(18,3)23;1-11(13)9-5-3-2-4-8(9)6-7-10(11)12/h4-7,15,18,23H,8-13H2,1-3H3;2-5,10,12-13H,6-7H2,1H3. The smallest absolute Gasteiger partial charge is 0.268 e. The van der Waals surface area contributed by atoms with E-state index in [-0.39, 0.29) is 22.9 Å². The molecule has 0 aliphatic heterocycles. The number of Topliss-reactive ketones (excluding diaryl/α,β-unsaturated/α-hetero) is 1. The Morgan fingerprint density at radius 3 is 1.95 bits per heavy atom. The summed E-state index contributed by atoms with van der Waals surface area (Å²) in [5.74, 6) is 0.0258. The maximum atomic E-state index is 13.0. The molecule has 4 aliphatic carbocycles. The Morgan fingerprint density at radius 1 is 0.850 bits per heavy atom. The first-order valence-electron chi connectivity index (χ1n) is 14.4. The second-order valence-electron chi connectivity index (χ2n) is 13.2. The van der Waals surface area contributed by atoms with Crippen molar-refractivity contribution in [2.45, 2.75) is 96.1 Å². The average molecular weight is 571 g/mol. The molecule has 0 heterocycles. The molecule has 0 radical (unpaired) electrons. The second kappa shape index (κ2) is 10.0. The lowest BCUT2D eigenvalue weighted by Gasteiger charge is -2.40. The van der Waals surface area contributed by atoms with Crippen LogP contribution in [0.5, 0.6) is 0 Å².